The second-order valence-electron chi connectivity index (χ2n) is 5.55. The van der Waals surface area contributed by atoms with Crippen molar-refractivity contribution in [3.8, 4) is 0 Å². The van der Waals surface area contributed by atoms with Gasteiger partial charge in [0.2, 0.25) is 0 Å². The molecule has 0 spiro atoms. The van der Waals surface area contributed by atoms with Crippen molar-refractivity contribution in [2.24, 2.45) is 4.99 Å². The molecule has 5 nitrogen and oxygen atoms in total. The Morgan fingerprint density at radius 3 is 2.36 bits per heavy atom. The Morgan fingerprint density at radius 2 is 1.72 bits per heavy atom. The Kier molecular flexibility index (Phi) is 7.50. The Morgan fingerprint density at radius 1 is 1.00 bits per heavy atom. The SMILES string of the molecule is CCNC(=NCc1ccc(C(=O)OC)cc1)NCCc1ccccc1. The molecule has 0 fully saturated rings. The normalized spacial score (nSPS) is 11.0. The van der Waals surface area contributed by atoms with Crippen molar-refractivity contribution < 1.29 is 9.53 Å². The first-order valence-corrected chi connectivity index (χ1v) is 8.46. The van der Waals surface area contributed by atoms with Gasteiger partial charge in [-0.1, -0.05) is 42.5 Å². The Bertz CT molecular complexity index is 682. The third-order valence-corrected chi connectivity index (χ3v) is 3.69. The molecule has 0 heterocycles. The zero-order chi connectivity index (χ0) is 17.9. The molecule has 0 aromatic heterocycles. The smallest absolute Gasteiger partial charge is 0.337 e. The zero-order valence-corrected chi connectivity index (χ0v) is 14.8. The number of guanidine groups is 1. The van der Waals surface area contributed by atoms with Crippen molar-refractivity contribution in [1.29, 1.82) is 0 Å². The third kappa shape index (κ3) is 6.30. The van der Waals surface area contributed by atoms with Gasteiger partial charge in [0.25, 0.3) is 0 Å². The van der Waals surface area contributed by atoms with Crippen molar-refractivity contribution >= 4 is 11.9 Å². The minimum Gasteiger partial charge on any atom is -0.465 e. The van der Waals surface area contributed by atoms with E-state index in [1.807, 2.05) is 37.3 Å². The summed E-state index contributed by atoms with van der Waals surface area (Å²) in [4.78, 5) is 16.0. The van der Waals surface area contributed by atoms with E-state index in [1.54, 1.807) is 12.1 Å². The van der Waals surface area contributed by atoms with Crippen molar-refractivity contribution in [2.45, 2.75) is 19.9 Å². The standard InChI is InChI=1S/C20H25N3O2/c1-3-21-20(22-14-13-16-7-5-4-6-8-16)23-15-17-9-11-18(12-10-17)19(24)25-2/h4-12H,3,13-15H2,1-2H3,(H2,21,22,23). The number of carbonyl (C=O) groups excluding carboxylic acids is 1. The van der Waals surface area contributed by atoms with E-state index in [0.717, 1.165) is 31.0 Å². The average molecular weight is 339 g/mol. The average Bonchev–Trinajstić information content (AvgIpc) is 2.66. The van der Waals surface area contributed by atoms with E-state index in [4.69, 9.17) is 4.74 Å². The van der Waals surface area contributed by atoms with E-state index in [2.05, 4.69) is 27.8 Å². The van der Waals surface area contributed by atoms with Crippen LogP contribution in [0, 0.1) is 0 Å². The lowest BCUT2D eigenvalue weighted by Crippen LogP contribution is -2.38. The molecule has 132 valence electrons. The molecular formula is C20H25N3O2. The monoisotopic (exact) mass is 339 g/mol. The van der Waals surface area contributed by atoms with Gasteiger partial charge in [-0.3, -0.25) is 0 Å². The molecule has 2 N–H and O–H groups in total. The molecule has 2 rings (SSSR count). The number of nitrogens with one attached hydrogen (secondary N) is 2. The number of hydrogen-bond acceptors (Lipinski definition) is 3. The summed E-state index contributed by atoms with van der Waals surface area (Å²) in [7, 11) is 1.38. The lowest BCUT2D eigenvalue weighted by Gasteiger charge is -2.11. The second kappa shape index (κ2) is 10.1. The highest BCUT2D eigenvalue weighted by atomic mass is 16.5. The first-order chi connectivity index (χ1) is 12.2. The second-order valence-corrected chi connectivity index (χ2v) is 5.55. The number of ether oxygens (including phenoxy) is 1. The van der Waals surface area contributed by atoms with E-state index in [0.29, 0.717) is 12.1 Å². The van der Waals surface area contributed by atoms with Crippen LogP contribution in [0.1, 0.15) is 28.4 Å². The van der Waals surface area contributed by atoms with E-state index in [1.165, 1.54) is 12.7 Å². The molecule has 0 aliphatic carbocycles. The van der Waals surface area contributed by atoms with Gasteiger partial charge in [-0.2, -0.15) is 0 Å². The van der Waals surface area contributed by atoms with Crippen LogP contribution in [0.2, 0.25) is 0 Å². The molecule has 0 atom stereocenters. The zero-order valence-electron chi connectivity index (χ0n) is 14.8. The molecule has 5 heteroatoms. The first kappa shape index (κ1) is 18.5. The minimum absolute atomic E-state index is 0.328. The highest BCUT2D eigenvalue weighted by Crippen LogP contribution is 2.07. The number of benzene rings is 2. The predicted octanol–water partition coefficient (Wildman–Crippen LogP) is 2.77. The number of hydrogen-bond donors (Lipinski definition) is 2. The van der Waals surface area contributed by atoms with Crippen LogP contribution in [-0.2, 0) is 17.7 Å². The molecule has 2 aromatic carbocycles. The fraction of sp³-hybridized carbons (Fsp3) is 0.300. The summed E-state index contributed by atoms with van der Waals surface area (Å²) in [6.07, 6.45) is 0.944. The van der Waals surface area contributed by atoms with Crippen molar-refractivity contribution in [3.63, 3.8) is 0 Å². The Hall–Kier alpha value is -2.82. The van der Waals surface area contributed by atoms with Crippen molar-refractivity contribution in [1.82, 2.24) is 10.6 Å². The van der Waals surface area contributed by atoms with E-state index >= 15 is 0 Å². The molecule has 0 aliphatic rings. The number of esters is 1. The summed E-state index contributed by atoms with van der Waals surface area (Å²) in [6, 6.07) is 17.7. The van der Waals surface area contributed by atoms with Gasteiger partial charge in [-0.15, -0.1) is 0 Å². The number of methoxy groups -OCH3 is 1. The largest absolute Gasteiger partial charge is 0.465 e. The summed E-state index contributed by atoms with van der Waals surface area (Å²) in [5.41, 5.74) is 2.88. The summed E-state index contributed by atoms with van der Waals surface area (Å²) in [5.74, 6) is 0.460. The molecule has 0 radical (unpaired) electrons. The summed E-state index contributed by atoms with van der Waals surface area (Å²) in [6.45, 7) is 4.21. The molecule has 0 unspecified atom stereocenters. The van der Waals surface area contributed by atoms with E-state index in [-0.39, 0.29) is 5.97 Å². The van der Waals surface area contributed by atoms with Gasteiger partial charge < -0.3 is 15.4 Å². The molecule has 0 aliphatic heterocycles. The fourth-order valence-corrected chi connectivity index (χ4v) is 2.35. The van der Waals surface area contributed by atoms with Crippen LogP contribution in [0.3, 0.4) is 0 Å². The quantitative estimate of drug-likeness (QED) is 0.463. The molecule has 0 saturated heterocycles. The van der Waals surface area contributed by atoms with Gasteiger partial charge in [0.1, 0.15) is 0 Å². The number of nitrogens with zero attached hydrogens (tertiary/aromatic N) is 1. The Labute approximate surface area is 149 Å². The van der Waals surface area contributed by atoms with E-state index < -0.39 is 0 Å². The van der Waals surface area contributed by atoms with Gasteiger partial charge in [0.05, 0.1) is 19.2 Å². The molecule has 0 amide bonds. The summed E-state index contributed by atoms with van der Waals surface area (Å²) in [5, 5.41) is 6.59. The van der Waals surface area contributed by atoms with Gasteiger partial charge in [-0.05, 0) is 36.6 Å². The van der Waals surface area contributed by atoms with Crippen LogP contribution in [0.4, 0.5) is 0 Å². The molecular weight excluding hydrogens is 314 g/mol. The maximum absolute atomic E-state index is 11.4. The highest BCUT2D eigenvalue weighted by molar-refractivity contribution is 5.89. The maximum Gasteiger partial charge on any atom is 0.337 e. The van der Waals surface area contributed by atoms with Crippen molar-refractivity contribution in [3.05, 3.63) is 71.3 Å². The topological polar surface area (TPSA) is 62.7 Å². The molecule has 25 heavy (non-hydrogen) atoms. The first-order valence-electron chi connectivity index (χ1n) is 8.46. The Balaban J connectivity index is 1.89. The number of carbonyl (C=O) groups is 1. The third-order valence-electron chi connectivity index (χ3n) is 3.69. The van der Waals surface area contributed by atoms with Crippen molar-refractivity contribution in [2.75, 3.05) is 20.2 Å². The van der Waals surface area contributed by atoms with Crippen LogP contribution in [-0.4, -0.2) is 32.1 Å². The predicted molar refractivity (Wildman–Crippen MR) is 101 cm³/mol. The summed E-state index contributed by atoms with van der Waals surface area (Å²) < 4.78 is 4.70. The van der Waals surface area contributed by atoms with Crippen LogP contribution in [0.25, 0.3) is 0 Å². The van der Waals surface area contributed by atoms with Crippen LogP contribution in [0.5, 0.6) is 0 Å². The van der Waals surface area contributed by atoms with Gasteiger partial charge in [-0.25, -0.2) is 9.79 Å². The van der Waals surface area contributed by atoms with E-state index in [9.17, 15) is 4.79 Å². The van der Waals surface area contributed by atoms with Gasteiger partial charge >= 0.3 is 5.97 Å². The summed E-state index contributed by atoms with van der Waals surface area (Å²) >= 11 is 0. The van der Waals surface area contributed by atoms with Crippen LogP contribution < -0.4 is 10.6 Å². The lowest BCUT2D eigenvalue weighted by atomic mass is 10.1. The molecule has 0 saturated carbocycles. The van der Waals surface area contributed by atoms with Crippen LogP contribution in [0.15, 0.2) is 59.6 Å². The number of aliphatic imine (C=N–C) groups is 1. The maximum atomic E-state index is 11.4. The molecule has 2 aromatic rings. The molecule has 0 bridgehead atoms. The number of rotatable bonds is 7. The lowest BCUT2D eigenvalue weighted by molar-refractivity contribution is 0.0600. The van der Waals surface area contributed by atoms with Crippen LogP contribution >= 0.6 is 0 Å². The van der Waals surface area contributed by atoms with Gasteiger partial charge in [0, 0.05) is 13.1 Å². The fourth-order valence-electron chi connectivity index (χ4n) is 2.35. The van der Waals surface area contributed by atoms with Gasteiger partial charge in [0.15, 0.2) is 5.96 Å². The highest BCUT2D eigenvalue weighted by Gasteiger charge is 2.04. The minimum atomic E-state index is -0.328.